The molecule has 2 unspecified atom stereocenters. The van der Waals surface area contributed by atoms with Gasteiger partial charge in [0, 0.05) is 5.54 Å². The van der Waals surface area contributed by atoms with Crippen molar-refractivity contribution in [1.82, 2.24) is 0 Å². The van der Waals surface area contributed by atoms with Crippen molar-refractivity contribution in [3.8, 4) is 0 Å². The van der Waals surface area contributed by atoms with Crippen molar-refractivity contribution < 1.29 is 0 Å². The average Bonchev–Trinajstić information content (AvgIpc) is 2.13. The highest BCUT2D eigenvalue weighted by Crippen LogP contribution is 2.36. The molecule has 1 aliphatic rings. The van der Waals surface area contributed by atoms with E-state index in [1.165, 1.54) is 24.0 Å². The van der Waals surface area contributed by atoms with Crippen molar-refractivity contribution in [2.24, 2.45) is 11.7 Å². The SMILES string of the molecule is CC1CCc2ccccc2C1(C)N. The minimum absolute atomic E-state index is 0.130. The van der Waals surface area contributed by atoms with Crippen LogP contribution in [-0.4, -0.2) is 0 Å². The maximum absolute atomic E-state index is 6.33. The molecule has 1 aromatic rings. The molecule has 13 heavy (non-hydrogen) atoms. The minimum Gasteiger partial charge on any atom is -0.321 e. The van der Waals surface area contributed by atoms with Crippen LogP contribution in [0.4, 0.5) is 0 Å². The quantitative estimate of drug-likeness (QED) is 0.644. The number of aryl methyl sites for hydroxylation is 1. The number of benzene rings is 1. The van der Waals surface area contributed by atoms with E-state index in [1.54, 1.807) is 0 Å². The Morgan fingerprint density at radius 1 is 1.38 bits per heavy atom. The zero-order valence-corrected chi connectivity index (χ0v) is 8.38. The van der Waals surface area contributed by atoms with Crippen LogP contribution in [0.2, 0.25) is 0 Å². The van der Waals surface area contributed by atoms with E-state index in [2.05, 4.69) is 38.1 Å². The van der Waals surface area contributed by atoms with E-state index in [1.807, 2.05) is 0 Å². The second kappa shape index (κ2) is 2.85. The van der Waals surface area contributed by atoms with Crippen molar-refractivity contribution in [2.45, 2.75) is 32.2 Å². The molecule has 0 saturated heterocycles. The van der Waals surface area contributed by atoms with Gasteiger partial charge in [0.1, 0.15) is 0 Å². The summed E-state index contributed by atoms with van der Waals surface area (Å²) in [4.78, 5) is 0. The highest BCUT2D eigenvalue weighted by atomic mass is 14.8. The molecule has 0 heterocycles. The first kappa shape index (κ1) is 8.76. The number of hydrogen-bond donors (Lipinski definition) is 1. The Kier molecular flexibility index (Phi) is 1.92. The molecule has 2 atom stereocenters. The summed E-state index contributed by atoms with van der Waals surface area (Å²) in [7, 11) is 0. The Morgan fingerprint density at radius 2 is 2.08 bits per heavy atom. The van der Waals surface area contributed by atoms with Gasteiger partial charge in [0.25, 0.3) is 0 Å². The molecule has 0 bridgehead atoms. The van der Waals surface area contributed by atoms with Crippen LogP contribution in [0.25, 0.3) is 0 Å². The molecule has 0 aromatic heterocycles. The highest BCUT2D eigenvalue weighted by molar-refractivity contribution is 5.35. The van der Waals surface area contributed by atoms with Crippen LogP contribution in [0.1, 0.15) is 31.4 Å². The van der Waals surface area contributed by atoms with Crippen molar-refractivity contribution in [1.29, 1.82) is 0 Å². The van der Waals surface area contributed by atoms with E-state index >= 15 is 0 Å². The fourth-order valence-corrected chi connectivity index (χ4v) is 2.20. The van der Waals surface area contributed by atoms with Gasteiger partial charge in [-0.15, -0.1) is 0 Å². The van der Waals surface area contributed by atoms with E-state index in [0.29, 0.717) is 5.92 Å². The fraction of sp³-hybridized carbons (Fsp3) is 0.500. The zero-order valence-electron chi connectivity index (χ0n) is 8.38. The molecule has 2 N–H and O–H groups in total. The Labute approximate surface area is 80.0 Å². The molecule has 0 spiro atoms. The van der Waals surface area contributed by atoms with Crippen LogP contribution >= 0.6 is 0 Å². The first-order valence-corrected chi connectivity index (χ1v) is 4.99. The first-order valence-electron chi connectivity index (χ1n) is 4.99. The summed E-state index contributed by atoms with van der Waals surface area (Å²) < 4.78 is 0. The van der Waals surface area contributed by atoms with Crippen LogP contribution < -0.4 is 5.73 Å². The van der Waals surface area contributed by atoms with Gasteiger partial charge in [0.15, 0.2) is 0 Å². The van der Waals surface area contributed by atoms with Crippen LogP contribution in [0.3, 0.4) is 0 Å². The molecule has 70 valence electrons. The summed E-state index contributed by atoms with van der Waals surface area (Å²) in [5, 5.41) is 0. The molecule has 0 radical (unpaired) electrons. The lowest BCUT2D eigenvalue weighted by atomic mass is 9.72. The van der Waals surface area contributed by atoms with Crippen molar-refractivity contribution in [3.63, 3.8) is 0 Å². The zero-order chi connectivity index (χ0) is 9.47. The van der Waals surface area contributed by atoms with Crippen molar-refractivity contribution in [2.75, 3.05) is 0 Å². The van der Waals surface area contributed by atoms with E-state index in [9.17, 15) is 0 Å². The number of nitrogens with two attached hydrogens (primary N) is 1. The fourth-order valence-electron chi connectivity index (χ4n) is 2.20. The van der Waals surface area contributed by atoms with Gasteiger partial charge in [-0.1, -0.05) is 31.2 Å². The van der Waals surface area contributed by atoms with Crippen molar-refractivity contribution >= 4 is 0 Å². The summed E-state index contributed by atoms with van der Waals surface area (Å²) in [5.74, 6) is 0.586. The normalized spacial score (nSPS) is 32.7. The summed E-state index contributed by atoms with van der Waals surface area (Å²) in [6.45, 7) is 4.39. The van der Waals surface area contributed by atoms with Gasteiger partial charge in [-0.2, -0.15) is 0 Å². The predicted octanol–water partition coefficient (Wildman–Crippen LogP) is 2.44. The monoisotopic (exact) mass is 175 g/mol. The maximum Gasteiger partial charge on any atom is 0.0409 e. The van der Waals surface area contributed by atoms with Gasteiger partial charge in [-0.25, -0.2) is 0 Å². The highest BCUT2D eigenvalue weighted by Gasteiger charge is 2.33. The summed E-state index contributed by atoms with van der Waals surface area (Å²) in [6.07, 6.45) is 2.40. The number of rotatable bonds is 0. The van der Waals surface area contributed by atoms with Gasteiger partial charge >= 0.3 is 0 Å². The molecular formula is C12H17N. The van der Waals surface area contributed by atoms with Gasteiger partial charge in [0.2, 0.25) is 0 Å². The third kappa shape index (κ3) is 1.28. The largest absolute Gasteiger partial charge is 0.321 e. The van der Waals surface area contributed by atoms with E-state index < -0.39 is 0 Å². The Balaban J connectivity index is 2.52. The molecule has 0 saturated carbocycles. The number of fused-ring (bicyclic) bond motifs is 1. The lowest BCUT2D eigenvalue weighted by molar-refractivity contribution is 0.285. The smallest absolute Gasteiger partial charge is 0.0409 e. The van der Waals surface area contributed by atoms with Crippen LogP contribution in [0.5, 0.6) is 0 Å². The molecule has 1 heteroatoms. The molecule has 0 aliphatic heterocycles. The van der Waals surface area contributed by atoms with Crippen LogP contribution in [0.15, 0.2) is 24.3 Å². The lowest BCUT2D eigenvalue weighted by Gasteiger charge is -2.38. The summed E-state index contributed by atoms with van der Waals surface area (Å²) >= 11 is 0. The summed E-state index contributed by atoms with van der Waals surface area (Å²) in [5.41, 5.74) is 8.98. The van der Waals surface area contributed by atoms with Gasteiger partial charge in [-0.3, -0.25) is 0 Å². The molecule has 1 aromatic carbocycles. The molecule has 0 fully saturated rings. The minimum atomic E-state index is -0.130. The number of hydrogen-bond acceptors (Lipinski definition) is 1. The van der Waals surface area contributed by atoms with E-state index in [-0.39, 0.29) is 5.54 Å². The van der Waals surface area contributed by atoms with E-state index in [0.717, 1.165) is 0 Å². The molecule has 1 nitrogen and oxygen atoms in total. The van der Waals surface area contributed by atoms with E-state index in [4.69, 9.17) is 5.73 Å². The predicted molar refractivity (Wildman–Crippen MR) is 55.5 cm³/mol. The summed E-state index contributed by atoms with van der Waals surface area (Å²) in [6, 6.07) is 8.56. The van der Waals surface area contributed by atoms with Crippen molar-refractivity contribution in [3.05, 3.63) is 35.4 Å². The standard InChI is InChI=1S/C12H17N/c1-9-7-8-10-5-3-4-6-11(10)12(9,2)13/h3-6,9H,7-8,13H2,1-2H3. The average molecular weight is 175 g/mol. The van der Waals surface area contributed by atoms with Gasteiger partial charge < -0.3 is 5.73 Å². The second-order valence-corrected chi connectivity index (χ2v) is 4.38. The Hall–Kier alpha value is -0.820. The Bertz CT molecular complexity index is 315. The maximum atomic E-state index is 6.33. The second-order valence-electron chi connectivity index (χ2n) is 4.38. The Morgan fingerprint density at radius 3 is 2.85 bits per heavy atom. The van der Waals surface area contributed by atoms with Gasteiger partial charge in [-0.05, 0) is 36.8 Å². The molecule has 2 rings (SSSR count). The lowest BCUT2D eigenvalue weighted by Crippen LogP contribution is -2.43. The van der Waals surface area contributed by atoms with Crippen LogP contribution in [-0.2, 0) is 12.0 Å². The third-order valence-electron chi connectivity index (χ3n) is 3.47. The third-order valence-corrected chi connectivity index (χ3v) is 3.47. The topological polar surface area (TPSA) is 26.0 Å². The molecule has 1 aliphatic carbocycles. The van der Waals surface area contributed by atoms with Crippen LogP contribution in [0, 0.1) is 5.92 Å². The molecular weight excluding hydrogens is 158 g/mol. The van der Waals surface area contributed by atoms with Gasteiger partial charge in [0.05, 0.1) is 0 Å². The molecule has 0 amide bonds. The first-order chi connectivity index (χ1) is 6.12.